The molecule has 1 N–H and O–H groups in total. The average molecular weight is 264 g/mol. The van der Waals surface area contributed by atoms with Crippen LogP contribution < -0.4 is 5.32 Å². The van der Waals surface area contributed by atoms with Gasteiger partial charge in [-0.1, -0.05) is 6.07 Å². The monoisotopic (exact) mass is 263 g/mol. The van der Waals surface area contributed by atoms with E-state index >= 15 is 0 Å². The minimum Gasteiger partial charge on any atom is -0.372 e. The third-order valence-corrected chi connectivity index (χ3v) is 2.74. The Kier molecular flexibility index (Phi) is 5.82. The highest BCUT2D eigenvalue weighted by Gasteiger charge is 2.14. The molecule has 1 aliphatic heterocycles. The van der Waals surface area contributed by atoms with Crippen LogP contribution in [-0.4, -0.2) is 19.2 Å². The molecule has 0 radical (unpaired) electrons. The second kappa shape index (κ2) is 6.89. The van der Waals surface area contributed by atoms with E-state index < -0.39 is 11.6 Å². The van der Waals surface area contributed by atoms with Crippen molar-refractivity contribution in [3.8, 4) is 0 Å². The van der Waals surface area contributed by atoms with E-state index in [9.17, 15) is 8.78 Å². The number of piperidine rings is 1. The summed E-state index contributed by atoms with van der Waals surface area (Å²) >= 11 is 0. The van der Waals surface area contributed by atoms with Gasteiger partial charge in [0.2, 0.25) is 0 Å². The molecule has 0 spiro atoms. The summed E-state index contributed by atoms with van der Waals surface area (Å²) in [4.78, 5) is 0. The molecule has 1 heterocycles. The molecule has 1 saturated heterocycles. The van der Waals surface area contributed by atoms with Crippen LogP contribution in [0.1, 0.15) is 18.4 Å². The minimum absolute atomic E-state index is 0. The summed E-state index contributed by atoms with van der Waals surface area (Å²) in [5, 5.41) is 3.22. The van der Waals surface area contributed by atoms with Gasteiger partial charge in [-0.3, -0.25) is 0 Å². The Morgan fingerprint density at radius 2 is 2.18 bits per heavy atom. The van der Waals surface area contributed by atoms with Gasteiger partial charge < -0.3 is 10.1 Å². The predicted octanol–water partition coefficient (Wildman–Crippen LogP) is 2.66. The molecule has 0 saturated carbocycles. The van der Waals surface area contributed by atoms with Gasteiger partial charge in [0.05, 0.1) is 12.7 Å². The number of hydrogen-bond acceptors (Lipinski definition) is 2. The molecule has 2 rings (SSSR count). The topological polar surface area (TPSA) is 21.3 Å². The van der Waals surface area contributed by atoms with E-state index in [-0.39, 0.29) is 25.1 Å². The van der Waals surface area contributed by atoms with Crippen molar-refractivity contribution < 1.29 is 13.5 Å². The van der Waals surface area contributed by atoms with E-state index in [0.717, 1.165) is 32.0 Å². The lowest BCUT2D eigenvalue weighted by Crippen LogP contribution is -2.35. The second-order valence-electron chi connectivity index (χ2n) is 4.02. The van der Waals surface area contributed by atoms with Gasteiger partial charge in [-0.25, -0.2) is 8.78 Å². The quantitative estimate of drug-likeness (QED) is 0.905. The SMILES string of the molecule is Cl.Fc1ccc(COC2CCCNC2)c(F)c1. The highest BCUT2D eigenvalue weighted by Crippen LogP contribution is 2.13. The van der Waals surface area contributed by atoms with Crippen LogP contribution in [0, 0.1) is 11.6 Å². The molecule has 2 nitrogen and oxygen atoms in total. The fraction of sp³-hybridized carbons (Fsp3) is 0.500. The molecule has 0 aromatic heterocycles. The van der Waals surface area contributed by atoms with Crippen LogP contribution in [0.15, 0.2) is 18.2 Å². The van der Waals surface area contributed by atoms with E-state index in [4.69, 9.17) is 4.74 Å². The number of ether oxygens (including phenoxy) is 1. The number of halogens is 3. The molecule has 96 valence electrons. The Bertz CT molecular complexity index is 356. The van der Waals surface area contributed by atoms with Gasteiger partial charge in [0.25, 0.3) is 0 Å². The van der Waals surface area contributed by atoms with Crippen molar-refractivity contribution in [2.45, 2.75) is 25.6 Å². The molecule has 17 heavy (non-hydrogen) atoms. The zero-order chi connectivity index (χ0) is 11.4. The summed E-state index contributed by atoms with van der Waals surface area (Å²) in [7, 11) is 0. The van der Waals surface area contributed by atoms with Gasteiger partial charge in [0, 0.05) is 18.2 Å². The Morgan fingerprint density at radius 3 is 2.82 bits per heavy atom. The largest absolute Gasteiger partial charge is 0.372 e. The first-order valence-corrected chi connectivity index (χ1v) is 5.52. The first kappa shape index (κ1) is 14.4. The van der Waals surface area contributed by atoms with Crippen molar-refractivity contribution in [3.63, 3.8) is 0 Å². The van der Waals surface area contributed by atoms with E-state index in [1.165, 1.54) is 12.1 Å². The molecule has 0 aliphatic carbocycles. The van der Waals surface area contributed by atoms with E-state index in [0.29, 0.717) is 5.56 Å². The average Bonchev–Trinajstić information content (AvgIpc) is 2.29. The van der Waals surface area contributed by atoms with E-state index in [1.807, 2.05) is 0 Å². The molecule has 5 heteroatoms. The predicted molar refractivity (Wildman–Crippen MR) is 64.3 cm³/mol. The fourth-order valence-electron chi connectivity index (χ4n) is 1.81. The Hall–Kier alpha value is -0.710. The molecule has 1 unspecified atom stereocenters. The van der Waals surface area contributed by atoms with Crippen molar-refractivity contribution >= 4 is 12.4 Å². The molecule has 1 aliphatic rings. The number of nitrogens with one attached hydrogen (secondary N) is 1. The summed E-state index contributed by atoms with van der Waals surface area (Å²) in [5.74, 6) is -1.09. The highest BCUT2D eigenvalue weighted by molar-refractivity contribution is 5.85. The zero-order valence-electron chi connectivity index (χ0n) is 9.42. The highest BCUT2D eigenvalue weighted by atomic mass is 35.5. The summed E-state index contributed by atoms with van der Waals surface area (Å²) in [5.41, 5.74) is 0.409. The molecule has 0 bridgehead atoms. The maximum atomic E-state index is 13.3. The number of hydrogen-bond donors (Lipinski definition) is 1. The molecule has 1 aromatic rings. The second-order valence-corrected chi connectivity index (χ2v) is 4.02. The van der Waals surface area contributed by atoms with Crippen LogP contribution in [0.4, 0.5) is 8.78 Å². The van der Waals surface area contributed by atoms with Gasteiger partial charge >= 0.3 is 0 Å². The summed E-state index contributed by atoms with van der Waals surface area (Å²) in [6, 6.07) is 3.57. The van der Waals surface area contributed by atoms with Crippen molar-refractivity contribution in [3.05, 3.63) is 35.4 Å². The number of benzene rings is 1. The maximum Gasteiger partial charge on any atom is 0.131 e. The first-order valence-electron chi connectivity index (χ1n) is 5.52. The summed E-state index contributed by atoms with van der Waals surface area (Å²) in [6.45, 7) is 2.03. The van der Waals surface area contributed by atoms with E-state index in [1.54, 1.807) is 0 Å². The third-order valence-electron chi connectivity index (χ3n) is 2.74. The molecule has 0 amide bonds. The minimum atomic E-state index is -0.555. The van der Waals surface area contributed by atoms with Crippen molar-refractivity contribution in [1.82, 2.24) is 5.32 Å². The fourth-order valence-corrected chi connectivity index (χ4v) is 1.81. The van der Waals surface area contributed by atoms with Gasteiger partial charge in [0.15, 0.2) is 0 Å². The maximum absolute atomic E-state index is 13.3. The molecule has 1 atom stereocenters. The molecule has 1 aromatic carbocycles. The van der Waals surface area contributed by atoms with Crippen LogP contribution in [0.3, 0.4) is 0 Å². The molecule has 1 fully saturated rings. The molecular formula is C12H16ClF2NO. The third kappa shape index (κ3) is 4.22. The van der Waals surface area contributed by atoms with Crippen molar-refractivity contribution in [2.75, 3.05) is 13.1 Å². The normalized spacial score (nSPS) is 19.8. The van der Waals surface area contributed by atoms with Crippen molar-refractivity contribution in [2.24, 2.45) is 0 Å². The molecular weight excluding hydrogens is 248 g/mol. The first-order chi connectivity index (χ1) is 7.75. The smallest absolute Gasteiger partial charge is 0.131 e. The van der Waals surface area contributed by atoms with Crippen LogP contribution in [-0.2, 0) is 11.3 Å². The summed E-state index contributed by atoms with van der Waals surface area (Å²) in [6.07, 6.45) is 2.21. The Balaban J connectivity index is 0.00000144. The van der Waals surface area contributed by atoms with E-state index in [2.05, 4.69) is 5.32 Å². The summed E-state index contributed by atoms with van der Waals surface area (Å²) < 4.78 is 31.5. The lowest BCUT2D eigenvalue weighted by Gasteiger charge is -2.23. The number of rotatable bonds is 3. The van der Waals surface area contributed by atoms with Gasteiger partial charge in [-0.05, 0) is 25.5 Å². The lowest BCUT2D eigenvalue weighted by atomic mass is 10.1. The van der Waals surface area contributed by atoms with Crippen molar-refractivity contribution in [1.29, 1.82) is 0 Å². The Morgan fingerprint density at radius 1 is 1.35 bits per heavy atom. The van der Waals surface area contributed by atoms with Gasteiger partial charge in [-0.15, -0.1) is 12.4 Å². The van der Waals surface area contributed by atoms with Gasteiger partial charge in [0.1, 0.15) is 11.6 Å². The van der Waals surface area contributed by atoms with Crippen LogP contribution in [0.25, 0.3) is 0 Å². The zero-order valence-corrected chi connectivity index (χ0v) is 10.2. The van der Waals surface area contributed by atoms with Crippen LogP contribution in [0.2, 0.25) is 0 Å². The van der Waals surface area contributed by atoms with Crippen LogP contribution >= 0.6 is 12.4 Å². The standard InChI is InChI=1S/C12H15F2NO.ClH/c13-10-4-3-9(12(14)6-10)8-16-11-2-1-5-15-7-11;/h3-4,6,11,15H,1-2,5,7-8H2;1H. The Labute approximate surface area is 106 Å². The lowest BCUT2D eigenvalue weighted by molar-refractivity contribution is 0.0239. The van der Waals surface area contributed by atoms with Crippen LogP contribution in [0.5, 0.6) is 0 Å². The van der Waals surface area contributed by atoms with Gasteiger partial charge in [-0.2, -0.15) is 0 Å².